The molecule has 0 aliphatic rings. The largest absolute Gasteiger partial charge is 0.480 e. The summed E-state index contributed by atoms with van der Waals surface area (Å²) in [6.45, 7) is 3.89. The first-order valence-corrected chi connectivity index (χ1v) is 7.80. The number of hydrogen-bond acceptors (Lipinski definition) is 5. The van der Waals surface area contributed by atoms with Gasteiger partial charge in [-0.2, -0.15) is 0 Å². The summed E-state index contributed by atoms with van der Waals surface area (Å²) >= 11 is 0. The zero-order chi connectivity index (χ0) is 18.5. The number of carboxylic acids is 1. The first-order chi connectivity index (χ1) is 12.0. The van der Waals surface area contributed by atoms with Crippen LogP contribution in [0.2, 0.25) is 0 Å². The highest BCUT2D eigenvalue weighted by Gasteiger charge is 2.06. The van der Waals surface area contributed by atoms with Gasteiger partial charge in [-0.3, -0.25) is 9.59 Å². The second-order valence-electron chi connectivity index (χ2n) is 5.17. The lowest BCUT2D eigenvalue weighted by Crippen LogP contribution is -2.33. The van der Waals surface area contributed by atoms with E-state index in [1.54, 1.807) is 30.5 Å². The van der Waals surface area contributed by atoms with Crippen LogP contribution in [0.5, 0.6) is 0 Å². The minimum absolute atomic E-state index is 0.100. The molecule has 8 heteroatoms. The molecule has 0 fully saturated rings. The van der Waals surface area contributed by atoms with Gasteiger partial charge in [0.15, 0.2) is 0 Å². The summed E-state index contributed by atoms with van der Waals surface area (Å²) in [7, 11) is 0. The zero-order valence-corrected chi connectivity index (χ0v) is 13.9. The van der Waals surface area contributed by atoms with Gasteiger partial charge in [-0.25, -0.2) is 4.79 Å². The molecule has 0 aliphatic carbocycles. The van der Waals surface area contributed by atoms with Crippen molar-refractivity contribution in [3.63, 3.8) is 0 Å². The summed E-state index contributed by atoms with van der Waals surface area (Å²) in [6, 6.07) is 6.81. The van der Waals surface area contributed by atoms with Crippen molar-refractivity contribution in [2.24, 2.45) is 0 Å². The van der Waals surface area contributed by atoms with E-state index in [2.05, 4.69) is 22.5 Å². The Kier molecular flexibility index (Phi) is 9.39. The summed E-state index contributed by atoms with van der Waals surface area (Å²) in [5, 5.41) is 16.6. The minimum Gasteiger partial charge on any atom is -0.480 e. The van der Waals surface area contributed by atoms with Gasteiger partial charge in [0.2, 0.25) is 11.8 Å². The van der Waals surface area contributed by atoms with Crippen LogP contribution in [-0.2, 0) is 25.7 Å². The Morgan fingerprint density at radius 1 is 1.16 bits per heavy atom. The van der Waals surface area contributed by atoms with Gasteiger partial charge in [-0.15, -0.1) is 0 Å². The van der Waals surface area contributed by atoms with E-state index >= 15 is 0 Å². The monoisotopic (exact) mass is 349 g/mol. The summed E-state index contributed by atoms with van der Waals surface area (Å²) in [6.07, 6.45) is 2.55. The first kappa shape index (κ1) is 20.2. The Morgan fingerprint density at radius 2 is 1.88 bits per heavy atom. The number of hydrogen-bond donors (Lipinski definition) is 4. The van der Waals surface area contributed by atoms with Crippen LogP contribution in [0.4, 0.5) is 5.69 Å². The average molecular weight is 349 g/mol. The lowest BCUT2D eigenvalue weighted by Gasteiger charge is -2.08. The van der Waals surface area contributed by atoms with Crippen molar-refractivity contribution in [1.82, 2.24) is 10.6 Å². The highest BCUT2D eigenvalue weighted by atomic mass is 16.5. The zero-order valence-electron chi connectivity index (χ0n) is 13.9. The number of anilines is 1. The fourth-order valence-corrected chi connectivity index (χ4v) is 1.87. The molecule has 0 saturated heterocycles. The van der Waals surface area contributed by atoms with Crippen molar-refractivity contribution in [1.29, 1.82) is 0 Å². The molecule has 2 amide bonds. The van der Waals surface area contributed by atoms with Gasteiger partial charge in [0, 0.05) is 18.7 Å². The Labute approximate surface area is 146 Å². The fraction of sp³-hybridized carbons (Fsp3) is 0.353. The number of ether oxygens (including phenoxy) is 1. The van der Waals surface area contributed by atoms with Crippen LogP contribution in [-0.4, -0.2) is 42.6 Å². The van der Waals surface area contributed by atoms with E-state index < -0.39 is 5.97 Å². The van der Waals surface area contributed by atoms with Crippen molar-refractivity contribution >= 4 is 23.5 Å². The molecule has 136 valence electrons. The molecule has 0 atom stereocenters. The maximum Gasteiger partial charge on any atom is 0.329 e. The molecule has 8 nitrogen and oxygen atoms in total. The number of aliphatic carboxylic acids is 1. The predicted octanol–water partition coefficient (Wildman–Crippen LogP) is 0.856. The first-order valence-electron chi connectivity index (χ1n) is 7.80. The molecular weight excluding hydrogens is 326 g/mol. The third-order valence-corrected chi connectivity index (χ3v) is 3.05. The average Bonchev–Trinajstić information content (AvgIpc) is 2.58. The van der Waals surface area contributed by atoms with Crippen LogP contribution >= 0.6 is 0 Å². The van der Waals surface area contributed by atoms with Crippen molar-refractivity contribution < 1.29 is 24.2 Å². The Bertz CT molecular complexity index is 586. The van der Waals surface area contributed by atoms with E-state index in [0.717, 1.165) is 5.56 Å². The number of carbonyl (C=O) groups excluding carboxylic acids is 2. The number of carboxylic acid groups (broad SMARTS) is 1. The highest BCUT2D eigenvalue weighted by Crippen LogP contribution is 2.10. The quantitative estimate of drug-likeness (QED) is 0.416. The lowest BCUT2D eigenvalue weighted by atomic mass is 10.2. The minimum atomic E-state index is -1.03. The number of amides is 2. The van der Waals surface area contributed by atoms with Crippen LogP contribution in [0.25, 0.3) is 0 Å². The number of rotatable bonds is 12. The second-order valence-corrected chi connectivity index (χ2v) is 5.17. The molecule has 1 aromatic carbocycles. The van der Waals surface area contributed by atoms with E-state index in [1.165, 1.54) is 0 Å². The Hall–Kier alpha value is -2.87. The highest BCUT2D eigenvalue weighted by molar-refractivity contribution is 5.94. The van der Waals surface area contributed by atoms with Gasteiger partial charge in [0.25, 0.3) is 0 Å². The topological polar surface area (TPSA) is 117 Å². The van der Waals surface area contributed by atoms with Crippen LogP contribution in [0.1, 0.15) is 18.4 Å². The SMILES string of the molecule is C=CNCCCC(=O)NCC(=O)Nc1ccc(COCC(=O)O)cc1. The Morgan fingerprint density at radius 3 is 2.52 bits per heavy atom. The van der Waals surface area contributed by atoms with E-state index in [9.17, 15) is 14.4 Å². The van der Waals surface area contributed by atoms with Gasteiger partial charge >= 0.3 is 5.97 Å². The molecule has 4 N–H and O–H groups in total. The molecule has 0 unspecified atom stereocenters. The third-order valence-electron chi connectivity index (χ3n) is 3.05. The van der Waals surface area contributed by atoms with Crippen molar-refractivity contribution in [3.05, 3.63) is 42.6 Å². The summed E-state index contributed by atoms with van der Waals surface area (Å²) in [4.78, 5) is 33.7. The van der Waals surface area contributed by atoms with Gasteiger partial charge < -0.3 is 25.8 Å². The molecule has 0 aliphatic heterocycles. The van der Waals surface area contributed by atoms with Crippen LogP contribution in [0.15, 0.2) is 37.0 Å². The molecule has 0 spiro atoms. The van der Waals surface area contributed by atoms with Gasteiger partial charge in [0.1, 0.15) is 6.61 Å². The van der Waals surface area contributed by atoms with Crippen molar-refractivity contribution in [2.75, 3.05) is 25.0 Å². The van der Waals surface area contributed by atoms with Crippen LogP contribution in [0.3, 0.4) is 0 Å². The fourth-order valence-electron chi connectivity index (χ4n) is 1.87. The maximum absolute atomic E-state index is 11.8. The molecule has 25 heavy (non-hydrogen) atoms. The summed E-state index contributed by atoms with van der Waals surface area (Å²) < 4.78 is 4.97. The third kappa shape index (κ3) is 9.77. The van der Waals surface area contributed by atoms with Gasteiger partial charge in [-0.05, 0) is 30.3 Å². The number of carbonyl (C=O) groups is 3. The maximum atomic E-state index is 11.8. The smallest absolute Gasteiger partial charge is 0.329 e. The van der Waals surface area contributed by atoms with Crippen molar-refractivity contribution in [2.45, 2.75) is 19.4 Å². The van der Waals surface area contributed by atoms with E-state index in [4.69, 9.17) is 9.84 Å². The molecule has 0 saturated carbocycles. The standard InChI is InChI=1S/C17H23N3O5/c1-2-18-9-3-4-15(21)19-10-16(22)20-14-7-5-13(6-8-14)11-25-12-17(23)24/h2,5-8,18H,1,3-4,9-12H2,(H,19,21)(H,20,22)(H,23,24). The van der Waals surface area contributed by atoms with E-state index in [-0.39, 0.29) is 31.6 Å². The van der Waals surface area contributed by atoms with Crippen LogP contribution in [0, 0.1) is 0 Å². The lowest BCUT2D eigenvalue weighted by molar-refractivity contribution is -0.142. The Balaban J connectivity index is 2.26. The van der Waals surface area contributed by atoms with E-state index in [0.29, 0.717) is 25.1 Å². The van der Waals surface area contributed by atoms with E-state index in [1.807, 2.05) is 0 Å². The molecule has 0 heterocycles. The number of nitrogens with one attached hydrogen (secondary N) is 3. The van der Waals surface area contributed by atoms with Gasteiger partial charge in [0.05, 0.1) is 13.2 Å². The summed E-state index contributed by atoms with van der Waals surface area (Å²) in [5.41, 5.74) is 1.37. The molecule has 1 aromatic rings. The number of benzene rings is 1. The summed E-state index contributed by atoms with van der Waals surface area (Å²) in [5.74, 6) is -1.54. The molecular formula is C17H23N3O5. The molecule has 0 aromatic heterocycles. The molecule has 0 bridgehead atoms. The second kappa shape index (κ2) is 11.6. The van der Waals surface area contributed by atoms with Crippen LogP contribution < -0.4 is 16.0 Å². The normalized spacial score (nSPS) is 9.92. The predicted molar refractivity (Wildman–Crippen MR) is 92.8 cm³/mol. The van der Waals surface area contributed by atoms with Gasteiger partial charge in [-0.1, -0.05) is 18.7 Å². The molecule has 1 rings (SSSR count). The molecule has 0 radical (unpaired) electrons. The van der Waals surface area contributed by atoms with Crippen molar-refractivity contribution in [3.8, 4) is 0 Å².